The van der Waals surface area contributed by atoms with Gasteiger partial charge in [0.2, 0.25) is 0 Å². The molecule has 2 aromatic rings. The molecule has 0 radical (unpaired) electrons. The molecule has 1 amide bonds. The molecule has 6 nitrogen and oxygen atoms in total. The SMILES string of the molecule is C=CCC(NC(=O)O)c1cc(-c2ncccc2N)ccn1. The van der Waals surface area contributed by atoms with Crippen LogP contribution in [0.15, 0.2) is 49.3 Å². The number of nitrogens with zero attached hydrogens (tertiary/aromatic N) is 2. The van der Waals surface area contributed by atoms with Gasteiger partial charge in [-0.1, -0.05) is 6.08 Å². The van der Waals surface area contributed by atoms with Crippen molar-refractivity contribution >= 4 is 11.8 Å². The zero-order valence-corrected chi connectivity index (χ0v) is 11.4. The lowest BCUT2D eigenvalue weighted by molar-refractivity contribution is 0.189. The first-order valence-electron chi connectivity index (χ1n) is 6.39. The molecule has 0 spiro atoms. The number of nitrogen functional groups attached to an aromatic ring is 1. The van der Waals surface area contributed by atoms with Crippen molar-refractivity contribution in [3.8, 4) is 11.3 Å². The fourth-order valence-electron chi connectivity index (χ4n) is 2.01. The molecule has 0 aliphatic heterocycles. The maximum Gasteiger partial charge on any atom is 0.405 e. The van der Waals surface area contributed by atoms with Gasteiger partial charge in [-0.2, -0.15) is 0 Å². The standard InChI is InChI=1S/C15H16N4O2/c1-2-4-12(19-15(20)21)13-9-10(6-8-17-13)14-11(16)5-3-7-18-14/h2-3,5-9,12,19H,1,4,16H2,(H,20,21). The average molecular weight is 284 g/mol. The zero-order valence-electron chi connectivity index (χ0n) is 11.4. The van der Waals surface area contributed by atoms with E-state index in [0.717, 1.165) is 5.56 Å². The molecule has 0 fully saturated rings. The highest BCUT2D eigenvalue weighted by Gasteiger charge is 2.15. The van der Waals surface area contributed by atoms with Gasteiger partial charge in [-0.3, -0.25) is 9.97 Å². The van der Waals surface area contributed by atoms with Crippen LogP contribution in [0.3, 0.4) is 0 Å². The summed E-state index contributed by atoms with van der Waals surface area (Å²) in [6.45, 7) is 3.63. The van der Waals surface area contributed by atoms with Gasteiger partial charge in [0, 0.05) is 18.0 Å². The zero-order chi connectivity index (χ0) is 15.2. The number of amides is 1. The van der Waals surface area contributed by atoms with Gasteiger partial charge in [0.1, 0.15) is 0 Å². The third kappa shape index (κ3) is 3.56. The van der Waals surface area contributed by atoms with Gasteiger partial charge in [0.05, 0.1) is 23.1 Å². The van der Waals surface area contributed by atoms with Crippen LogP contribution in [0.5, 0.6) is 0 Å². The lowest BCUT2D eigenvalue weighted by Crippen LogP contribution is -2.27. The molecule has 0 aliphatic carbocycles. The quantitative estimate of drug-likeness (QED) is 0.733. The Balaban J connectivity index is 2.38. The Hall–Kier alpha value is -2.89. The predicted octanol–water partition coefficient (Wildman–Crippen LogP) is 2.61. The third-order valence-corrected chi connectivity index (χ3v) is 2.95. The molecule has 6 heteroatoms. The number of rotatable bonds is 5. The molecule has 2 aromatic heterocycles. The molecule has 0 saturated carbocycles. The van der Waals surface area contributed by atoms with E-state index in [4.69, 9.17) is 10.8 Å². The molecule has 0 aliphatic rings. The van der Waals surface area contributed by atoms with E-state index in [1.807, 2.05) is 0 Å². The van der Waals surface area contributed by atoms with Crippen molar-refractivity contribution in [2.45, 2.75) is 12.5 Å². The number of carbonyl (C=O) groups is 1. The van der Waals surface area contributed by atoms with Gasteiger partial charge in [-0.25, -0.2) is 4.79 Å². The van der Waals surface area contributed by atoms with E-state index in [-0.39, 0.29) is 0 Å². The van der Waals surface area contributed by atoms with Gasteiger partial charge in [-0.05, 0) is 30.7 Å². The summed E-state index contributed by atoms with van der Waals surface area (Å²) in [5.41, 5.74) is 8.50. The predicted molar refractivity (Wildman–Crippen MR) is 80.6 cm³/mol. The minimum Gasteiger partial charge on any atom is -0.465 e. The molecule has 4 N–H and O–H groups in total. The Bertz CT molecular complexity index is 658. The smallest absolute Gasteiger partial charge is 0.405 e. The Labute approximate surface area is 122 Å². The lowest BCUT2D eigenvalue weighted by atomic mass is 10.0. The van der Waals surface area contributed by atoms with Crippen molar-refractivity contribution in [2.75, 3.05) is 5.73 Å². The van der Waals surface area contributed by atoms with E-state index in [1.165, 1.54) is 0 Å². The Morgan fingerprint density at radius 3 is 2.90 bits per heavy atom. The van der Waals surface area contributed by atoms with Crippen LogP contribution in [0.25, 0.3) is 11.3 Å². The second-order valence-electron chi connectivity index (χ2n) is 4.44. The van der Waals surface area contributed by atoms with Gasteiger partial charge >= 0.3 is 6.09 Å². The van der Waals surface area contributed by atoms with Gasteiger partial charge in [-0.15, -0.1) is 6.58 Å². The van der Waals surface area contributed by atoms with Crippen molar-refractivity contribution in [3.05, 3.63) is 55.0 Å². The Morgan fingerprint density at radius 2 is 2.24 bits per heavy atom. The third-order valence-electron chi connectivity index (χ3n) is 2.95. The summed E-state index contributed by atoms with van der Waals surface area (Å²) in [5, 5.41) is 11.3. The molecule has 2 heterocycles. The summed E-state index contributed by atoms with van der Waals surface area (Å²) in [6.07, 6.45) is 4.25. The van der Waals surface area contributed by atoms with Crippen LogP contribution in [0, 0.1) is 0 Å². The monoisotopic (exact) mass is 284 g/mol. The van der Waals surface area contributed by atoms with Crippen LogP contribution in [0.2, 0.25) is 0 Å². The average Bonchev–Trinajstić information content (AvgIpc) is 2.47. The van der Waals surface area contributed by atoms with Crippen molar-refractivity contribution < 1.29 is 9.90 Å². The molecular formula is C15H16N4O2. The van der Waals surface area contributed by atoms with E-state index in [9.17, 15) is 4.79 Å². The number of aromatic nitrogens is 2. The number of anilines is 1. The van der Waals surface area contributed by atoms with Gasteiger partial charge < -0.3 is 16.2 Å². The molecule has 21 heavy (non-hydrogen) atoms. The first-order valence-corrected chi connectivity index (χ1v) is 6.39. The maximum absolute atomic E-state index is 10.9. The molecule has 108 valence electrons. The summed E-state index contributed by atoms with van der Waals surface area (Å²) in [4.78, 5) is 19.3. The summed E-state index contributed by atoms with van der Waals surface area (Å²) in [6, 6.07) is 6.63. The van der Waals surface area contributed by atoms with Crippen molar-refractivity contribution in [2.24, 2.45) is 0 Å². The highest BCUT2D eigenvalue weighted by molar-refractivity contribution is 5.72. The summed E-state index contributed by atoms with van der Waals surface area (Å²) in [5.74, 6) is 0. The minimum absolute atomic E-state index is 0.445. The largest absolute Gasteiger partial charge is 0.465 e. The molecule has 1 unspecified atom stereocenters. The van der Waals surface area contributed by atoms with Crippen LogP contribution in [0.1, 0.15) is 18.2 Å². The Morgan fingerprint density at radius 1 is 1.43 bits per heavy atom. The first kappa shape index (κ1) is 14.5. The second-order valence-corrected chi connectivity index (χ2v) is 4.44. The van der Waals surface area contributed by atoms with Gasteiger partial charge in [0.15, 0.2) is 0 Å². The molecule has 0 aromatic carbocycles. The fourth-order valence-corrected chi connectivity index (χ4v) is 2.01. The molecular weight excluding hydrogens is 268 g/mol. The van der Waals surface area contributed by atoms with E-state index < -0.39 is 12.1 Å². The van der Waals surface area contributed by atoms with Crippen LogP contribution >= 0.6 is 0 Å². The fraction of sp³-hybridized carbons (Fsp3) is 0.133. The van der Waals surface area contributed by atoms with Crippen LogP contribution < -0.4 is 11.1 Å². The molecule has 2 rings (SSSR count). The highest BCUT2D eigenvalue weighted by atomic mass is 16.4. The van der Waals surface area contributed by atoms with Crippen LogP contribution in [0.4, 0.5) is 10.5 Å². The number of hydrogen-bond acceptors (Lipinski definition) is 4. The van der Waals surface area contributed by atoms with E-state index >= 15 is 0 Å². The number of nitrogens with two attached hydrogens (primary N) is 1. The van der Waals surface area contributed by atoms with Gasteiger partial charge in [0.25, 0.3) is 0 Å². The number of nitrogens with one attached hydrogen (secondary N) is 1. The summed E-state index contributed by atoms with van der Waals surface area (Å²) in [7, 11) is 0. The number of hydrogen-bond donors (Lipinski definition) is 3. The highest BCUT2D eigenvalue weighted by Crippen LogP contribution is 2.25. The summed E-state index contributed by atoms with van der Waals surface area (Å²) >= 11 is 0. The Kier molecular flexibility index (Phi) is 4.50. The molecule has 0 saturated heterocycles. The van der Waals surface area contributed by atoms with E-state index in [0.29, 0.717) is 23.5 Å². The second kappa shape index (κ2) is 6.51. The minimum atomic E-state index is -1.11. The topological polar surface area (TPSA) is 101 Å². The molecule has 1 atom stereocenters. The lowest BCUT2D eigenvalue weighted by Gasteiger charge is -2.15. The van der Waals surface area contributed by atoms with E-state index in [2.05, 4.69) is 21.9 Å². The van der Waals surface area contributed by atoms with Crippen LogP contribution in [-0.4, -0.2) is 21.2 Å². The van der Waals surface area contributed by atoms with Crippen LogP contribution in [-0.2, 0) is 0 Å². The molecule has 0 bridgehead atoms. The van der Waals surface area contributed by atoms with Crippen molar-refractivity contribution in [1.29, 1.82) is 0 Å². The first-order chi connectivity index (χ1) is 10.1. The number of carboxylic acid groups (broad SMARTS) is 1. The van der Waals surface area contributed by atoms with Crippen molar-refractivity contribution in [1.82, 2.24) is 15.3 Å². The maximum atomic E-state index is 10.9. The summed E-state index contributed by atoms with van der Waals surface area (Å²) < 4.78 is 0. The van der Waals surface area contributed by atoms with Crippen molar-refractivity contribution in [3.63, 3.8) is 0 Å². The number of pyridine rings is 2. The normalized spacial score (nSPS) is 11.6. The van der Waals surface area contributed by atoms with E-state index in [1.54, 1.807) is 42.7 Å².